The highest BCUT2D eigenvalue weighted by atomic mass is 35.5. The second kappa shape index (κ2) is 5.67. The molecule has 2 atom stereocenters. The molecule has 0 amide bonds. The SMILES string of the molecule is COc1cccc(C(=O)CCC23CC4CC(F)(CC(F)(C4)C2)C3)c1Cl. The number of methoxy groups -OCH3 is 1. The Bertz CT molecular complexity index is 702. The summed E-state index contributed by atoms with van der Waals surface area (Å²) in [5.74, 6) is 0.509. The smallest absolute Gasteiger partial charge is 0.164 e. The zero-order chi connectivity index (χ0) is 17.9. The van der Waals surface area contributed by atoms with Crippen molar-refractivity contribution in [2.45, 2.75) is 62.7 Å². The van der Waals surface area contributed by atoms with Crippen LogP contribution in [-0.2, 0) is 0 Å². The van der Waals surface area contributed by atoms with Crippen molar-refractivity contribution in [2.24, 2.45) is 11.3 Å². The van der Waals surface area contributed by atoms with Gasteiger partial charge in [-0.2, -0.15) is 0 Å². The first kappa shape index (κ1) is 17.3. The van der Waals surface area contributed by atoms with E-state index >= 15 is 8.78 Å². The van der Waals surface area contributed by atoms with Crippen LogP contribution in [0.3, 0.4) is 0 Å². The van der Waals surface area contributed by atoms with Crippen molar-refractivity contribution in [3.05, 3.63) is 28.8 Å². The number of alkyl halides is 2. The van der Waals surface area contributed by atoms with Crippen LogP contribution in [0.15, 0.2) is 18.2 Å². The molecule has 1 aromatic rings. The van der Waals surface area contributed by atoms with Gasteiger partial charge in [-0.25, -0.2) is 8.78 Å². The van der Waals surface area contributed by atoms with Crippen LogP contribution in [0, 0.1) is 11.3 Å². The minimum Gasteiger partial charge on any atom is -0.495 e. The van der Waals surface area contributed by atoms with Gasteiger partial charge in [-0.3, -0.25) is 4.79 Å². The molecule has 0 radical (unpaired) electrons. The number of halogens is 3. The fourth-order valence-electron chi connectivity index (χ4n) is 6.07. The Balaban J connectivity index is 1.51. The molecule has 5 rings (SSSR count). The van der Waals surface area contributed by atoms with Crippen molar-refractivity contribution >= 4 is 17.4 Å². The first-order valence-corrected chi connectivity index (χ1v) is 9.37. The maximum Gasteiger partial charge on any atom is 0.164 e. The molecule has 136 valence electrons. The van der Waals surface area contributed by atoms with Gasteiger partial charge >= 0.3 is 0 Å². The Labute approximate surface area is 151 Å². The Morgan fingerprint density at radius 3 is 2.48 bits per heavy atom. The molecular weight excluding hydrogens is 346 g/mol. The fraction of sp³-hybridized carbons (Fsp3) is 0.650. The van der Waals surface area contributed by atoms with Crippen LogP contribution in [0.5, 0.6) is 5.75 Å². The van der Waals surface area contributed by atoms with E-state index in [0.29, 0.717) is 48.4 Å². The molecule has 2 nitrogen and oxygen atoms in total. The number of carbonyl (C=O) groups excluding carboxylic acids is 1. The number of hydrogen-bond donors (Lipinski definition) is 0. The highest BCUT2D eigenvalue weighted by Crippen LogP contribution is 2.66. The molecule has 0 aliphatic heterocycles. The molecule has 0 spiro atoms. The number of rotatable bonds is 5. The van der Waals surface area contributed by atoms with Crippen molar-refractivity contribution in [3.63, 3.8) is 0 Å². The second-order valence-corrected chi connectivity index (χ2v) is 8.93. The lowest BCUT2D eigenvalue weighted by molar-refractivity contribution is -0.176. The van der Waals surface area contributed by atoms with Crippen LogP contribution < -0.4 is 4.74 Å². The van der Waals surface area contributed by atoms with Gasteiger partial charge in [-0.1, -0.05) is 17.7 Å². The van der Waals surface area contributed by atoms with Crippen molar-refractivity contribution in [3.8, 4) is 5.75 Å². The molecule has 0 aromatic heterocycles. The third-order valence-corrected chi connectivity index (χ3v) is 6.80. The van der Waals surface area contributed by atoms with Crippen LogP contribution in [0.2, 0.25) is 5.02 Å². The molecule has 1 aromatic carbocycles. The van der Waals surface area contributed by atoms with Crippen LogP contribution in [0.4, 0.5) is 8.78 Å². The summed E-state index contributed by atoms with van der Waals surface area (Å²) in [4.78, 5) is 12.7. The van der Waals surface area contributed by atoms with Crippen molar-refractivity contribution in [2.75, 3.05) is 7.11 Å². The van der Waals surface area contributed by atoms with Crippen LogP contribution in [0.1, 0.15) is 61.7 Å². The Hall–Kier alpha value is -1.16. The van der Waals surface area contributed by atoms with Crippen LogP contribution in [0.25, 0.3) is 0 Å². The molecule has 4 saturated carbocycles. The van der Waals surface area contributed by atoms with Crippen molar-refractivity contribution in [1.29, 1.82) is 0 Å². The van der Waals surface area contributed by atoms with E-state index in [2.05, 4.69) is 0 Å². The average Bonchev–Trinajstić information content (AvgIpc) is 2.49. The molecule has 0 saturated heterocycles. The lowest BCUT2D eigenvalue weighted by atomic mass is 9.46. The maximum atomic E-state index is 15.0. The van der Waals surface area contributed by atoms with Gasteiger partial charge in [-0.05, 0) is 62.0 Å². The van der Waals surface area contributed by atoms with Gasteiger partial charge in [0.05, 0.1) is 12.1 Å². The third kappa shape index (κ3) is 2.97. The summed E-state index contributed by atoms with van der Waals surface area (Å²) >= 11 is 6.24. The molecule has 4 aliphatic carbocycles. The molecule has 0 heterocycles. The van der Waals surface area contributed by atoms with E-state index < -0.39 is 11.3 Å². The number of ether oxygens (including phenoxy) is 1. The molecular formula is C20H23ClF2O2. The molecule has 4 bridgehead atoms. The minimum atomic E-state index is -1.37. The van der Waals surface area contributed by atoms with E-state index in [1.165, 1.54) is 7.11 Å². The van der Waals surface area contributed by atoms with E-state index in [1.54, 1.807) is 18.2 Å². The van der Waals surface area contributed by atoms with Gasteiger partial charge in [0.1, 0.15) is 17.1 Å². The number of Topliss-reactive ketones (excluding diaryl/α,β-unsaturated/α-hetero) is 1. The summed E-state index contributed by atoms with van der Waals surface area (Å²) in [6, 6.07) is 5.12. The van der Waals surface area contributed by atoms with E-state index in [4.69, 9.17) is 16.3 Å². The van der Waals surface area contributed by atoms with Gasteiger partial charge in [0.2, 0.25) is 0 Å². The van der Waals surface area contributed by atoms with Gasteiger partial charge in [-0.15, -0.1) is 0 Å². The number of carbonyl (C=O) groups is 1. The van der Waals surface area contributed by atoms with E-state index in [0.717, 1.165) is 6.42 Å². The molecule has 25 heavy (non-hydrogen) atoms. The zero-order valence-electron chi connectivity index (χ0n) is 14.4. The van der Waals surface area contributed by atoms with Crippen LogP contribution in [-0.4, -0.2) is 24.2 Å². The summed E-state index contributed by atoms with van der Waals surface area (Å²) < 4.78 is 35.2. The topological polar surface area (TPSA) is 26.3 Å². The number of ketones is 1. The summed E-state index contributed by atoms with van der Waals surface area (Å²) in [7, 11) is 1.51. The maximum absolute atomic E-state index is 15.0. The highest BCUT2D eigenvalue weighted by Gasteiger charge is 2.64. The Kier molecular flexibility index (Phi) is 3.91. The predicted octanol–water partition coefficient (Wildman–Crippen LogP) is 5.71. The van der Waals surface area contributed by atoms with Gasteiger partial charge in [0.15, 0.2) is 5.78 Å². The largest absolute Gasteiger partial charge is 0.495 e. The molecule has 4 aliphatic rings. The van der Waals surface area contributed by atoms with Crippen molar-refractivity contribution < 1.29 is 18.3 Å². The second-order valence-electron chi connectivity index (χ2n) is 8.56. The van der Waals surface area contributed by atoms with Gasteiger partial charge in [0.25, 0.3) is 0 Å². The molecule has 5 heteroatoms. The fourth-order valence-corrected chi connectivity index (χ4v) is 6.38. The lowest BCUT2D eigenvalue weighted by Gasteiger charge is -2.61. The summed E-state index contributed by atoms with van der Waals surface area (Å²) in [6.07, 6.45) is 3.51. The number of benzene rings is 1. The molecule has 2 unspecified atom stereocenters. The normalized spacial score (nSPS) is 38.8. The van der Waals surface area contributed by atoms with E-state index in [-0.39, 0.29) is 30.0 Å². The van der Waals surface area contributed by atoms with Crippen LogP contribution >= 0.6 is 11.6 Å². The lowest BCUT2D eigenvalue weighted by Crippen LogP contribution is -2.59. The molecule has 4 fully saturated rings. The van der Waals surface area contributed by atoms with Crippen molar-refractivity contribution in [1.82, 2.24) is 0 Å². The number of hydrogen-bond acceptors (Lipinski definition) is 2. The van der Waals surface area contributed by atoms with Gasteiger partial charge in [0, 0.05) is 18.4 Å². The Morgan fingerprint density at radius 2 is 1.88 bits per heavy atom. The summed E-state index contributed by atoms with van der Waals surface area (Å²) in [5.41, 5.74) is -2.68. The average molecular weight is 369 g/mol. The standard InChI is InChI=1S/C20H23ClF2O2/c1-25-16-4-2-3-14(17(16)21)15(24)5-6-18-7-13-8-19(22,10-18)12-20(23,9-13)11-18/h2-4,13H,5-12H2,1H3. The first-order chi connectivity index (χ1) is 11.8. The third-order valence-electron chi connectivity index (χ3n) is 6.41. The quantitative estimate of drug-likeness (QED) is 0.622. The first-order valence-electron chi connectivity index (χ1n) is 8.99. The zero-order valence-corrected chi connectivity index (χ0v) is 15.2. The highest BCUT2D eigenvalue weighted by molar-refractivity contribution is 6.35. The Morgan fingerprint density at radius 1 is 1.20 bits per heavy atom. The summed E-state index contributed by atoms with van der Waals surface area (Å²) in [5, 5.41) is 0.310. The predicted molar refractivity (Wildman–Crippen MR) is 92.9 cm³/mol. The van der Waals surface area contributed by atoms with E-state index in [1.807, 2.05) is 0 Å². The molecule has 0 N–H and O–H groups in total. The van der Waals surface area contributed by atoms with E-state index in [9.17, 15) is 4.79 Å². The summed E-state index contributed by atoms with van der Waals surface area (Å²) in [6.45, 7) is 0. The monoisotopic (exact) mass is 368 g/mol. The minimum absolute atomic E-state index is 0.0495. The van der Waals surface area contributed by atoms with Gasteiger partial charge < -0.3 is 4.74 Å².